The molecule has 1 saturated heterocycles. The van der Waals surface area contributed by atoms with E-state index in [-0.39, 0.29) is 0 Å². The number of aliphatic imine (C=N–C) groups is 1. The van der Waals surface area contributed by atoms with Gasteiger partial charge in [-0.05, 0) is 12.8 Å². The summed E-state index contributed by atoms with van der Waals surface area (Å²) in [5.41, 5.74) is 2.25. The van der Waals surface area contributed by atoms with Crippen LogP contribution in [0.3, 0.4) is 0 Å². The van der Waals surface area contributed by atoms with Crippen molar-refractivity contribution in [3.05, 3.63) is 41.9 Å². The second-order valence-corrected chi connectivity index (χ2v) is 7.75. The third-order valence-electron chi connectivity index (χ3n) is 5.28. The molecule has 0 saturated carbocycles. The highest BCUT2D eigenvalue weighted by Gasteiger charge is 2.23. The maximum Gasteiger partial charge on any atom is 0.214 e. The number of oxazole rings is 1. The van der Waals surface area contributed by atoms with Gasteiger partial charge in [-0.1, -0.05) is 43.7 Å². The highest BCUT2D eigenvalue weighted by molar-refractivity contribution is 5.79. The molecule has 1 aromatic carbocycles. The lowest BCUT2D eigenvalue weighted by Gasteiger charge is -2.37. The van der Waals surface area contributed by atoms with Crippen molar-refractivity contribution in [2.24, 2.45) is 10.9 Å². The average Bonchev–Trinajstić information content (AvgIpc) is 3.20. The number of hydrogen-bond acceptors (Lipinski definition) is 5. The van der Waals surface area contributed by atoms with Crippen LogP contribution in [0.1, 0.15) is 25.3 Å². The summed E-state index contributed by atoms with van der Waals surface area (Å²) in [5, 5.41) is 6.75. The molecule has 7 heteroatoms. The quantitative estimate of drug-likeness (QED) is 0.551. The van der Waals surface area contributed by atoms with Gasteiger partial charge < -0.3 is 19.8 Å². The van der Waals surface area contributed by atoms with Crippen molar-refractivity contribution in [2.45, 2.75) is 33.4 Å². The maximum atomic E-state index is 5.88. The van der Waals surface area contributed by atoms with Crippen molar-refractivity contribution in [3.63, 3.8) is 0 Å². The highest BCUT2D eigenvalue weighted by Crippen LogP contribution is 2.20. The van der Waals surface area contributed by atoms with Gasteiger partial charge in [0.25, 0.3) is 0 Å². The van der Waals surface area contributed by atoms with Gasteiger partial charge in [0.2, 0.25) is 5.89 Å². The minimum Gasteiger partial charge on any atom is -0.439 e. The van der Waals surface area contributed by atoms with E-state index < -0.39 is 0 Å². The van der Waals surface area contributed by atoms with Gasteiger partial charge in [0.15, 0.2) is 11.7 Å². The normalized spacial score (nSPS) is 16.8. The Morgan fingerprint density at radius 1 is 1.17 bits per heavy atom. The largest absolute Gasteiger partial charge is 0.439 e. The summed E-state index contributed by atoms with van der Waals surface area (Å²) in [4.78, 5) is 11.2. The summed E-state index contributed by atoms with van der Waals surface area (Å²) in [5.74, 6) is 2.70. The lowest BCUT2D eigenvalue weighted by atomic mass is 10.0. The third kappa shape index (κ3) is 6.05. The Bertz CT molecular complexity index is 779. The molecule has 1 aliphatic rings. The third-order valence-corrected chi connectivity index (χ3v) is 5.28. The second kappa shape index (κ2) is 10.4. The molecular formula is C22H33N5O2. The molecule has 0 aliphatic carbocycles. The van der Waals surface area contributed by atoms with Crippen LogP contribution < -0.4 is 10.6 Å². The summed E-state index contributed by atoms with van der Waals surface area (Å²) < 4.78 is 11.4. The van der Waals surface area contributed by atoms with Gasteiger partial charge in [0, 0.05) is 38.3 Å². The average molecular weight is 400 g/mol. The summed E-state index contributed by atoms with van der Waals surface area (Å²) in [6.07, 6.45) is 1.77. The monoisotopic (exact) mass is 399 g/mol. The van der Waals surface area contributed by atoms with Crippen molar-refractivity contribution in [1.29, 1.82) is 0 Å². The minimum atomic E-state index is 0.437. The molecule has 29 heavy (non-hydrogen) atoms. The van der Waals surface area contributed by atoms with Crippen LogP contribution in [0.25, 0.3) is 11.3 Å². The van der Waals surface area contributed by atoms with Crippen LogP contribution in [-0.4, -0.2) is 61.8 Å². The molecule has 7 nitrogen and oxygen atoms in total. The van der Waals surface area contributed by atoms with Crippen molar-refractivity contribution >= 4 is 5.96 Å². The number of rotatable bonds is 7. The molecule has 3 rings (SSSR count). The molecule has 1 atom stereocenters. The highest BCUT2D eigenvalue weighted by atomic mass is 16.5. The topological polar surface area (TPSA) is 74.9 Å². The molecule has 2 heterocycles. The zero-order valence-electron chi connectivity index (χ0n) is 17.9. The van der Waals surface area contributed by atoms with Crippen LogP contribution in [-0.2, 0) is 11.3 Å². The molecule has 1 fully saturated rings. The Balaban J connectivity index is 1.52. The van der Waals surface area contributed by atoms with E-state index in [9.17, 15) is 0 Å². The van der Waals surface area contributed by atoms with Crippen molar-refractivity contribution in [1.82, 2.24) is 20.5 Å². The fourth-order valence-corrected chi connectivity index (χ4v) is 3.52. The van der Waals surface area contributed by atoms with E-state index >= 15 is 0 Å². The molecule has 1 aromatic heterocycles. The predicted molar refractivity (Wildman–Crippen MR) is 116 cm³/mol. The molecule has 1 unspecified atom stereocenters. The molecule has 0 spiro atoms. The molecule has 2 aromatic rings. The van der Waals surface area contributed by atoms with E-state index in [4.69, 9.17) is 9.15 Å². The zero-order valence-corrected chi connectivity index (χ0v) is 17.9. The first-order valence-corrected chi connectivity index (χ1v) is 10.3. The fraction of sp³-hybridized carbons (Fsp3) is 0.545. The Kier molecular flexibility index (Phi) is 7.66. The molecule has 0 radical (unpaired) electrons. The number of benzene rings is 1. The summed E-state index contributed by atoms with van der Waals surface area (Å²) in [7, 11) is 1.78. The first-order chi connectivity index (χ1) is 14.1. The molecule has 1 aliphatic heterocycles. The lowest BCUT2D eigenvalue weighted by molar-refractivity contribution is 0.00752. The number of morpholine rings is 1. The van der Waals surface area contributed by atoms with Crippen molar-refractivity contribution in [3.8, 4) is 11.3 Å². The summed E-state index contributed by atoms with van der Waals surface area (Å²) in [6, 6.07) is 8.67. The smallest absolute Gasteiger partial charge is 0.214 e. The Morgan fingerprint density at radius 2 is 1.90 bits per heavy atom. The number of hydrogen-bond donors (Lipinski definition) is 2. The molecule has 0 amide bonds. The lowest BCUT2D eigenvalue weighted by Crippen LogP contribution is -2.52. The van der Waals surface area contributed by atoms with Gasteiger partial charge in [-0.3, -0.25) is 9.89 Å². The number of nitrogens with zero attached hydrogens (tertiary/aromatic N) is 3. The molecule has 158 valence electrons. The van der Waals surface area contributed by atoms with Crippen LogP contribution >= 0.6 is 0 Å². The number of ether oxygens (including phenoxy) is 1. The van der Waals surface area contributed by atoms with Gasteiger partial charge in [-0.25, -0.2) is 4.98 Å². The van der Waals surface area contributed by atoms with Crippen molar-refractivity contribution in [2.75, 3.05) is 39.9 Å². The summed E-state index contributed by atoms with van der Waals surface area (Å²) in [6.45, 7) is 11.5. The molecule has 0 bridgehead atoms. The maximum absolute atomic E-state index is 5.88. The van der Waals surface area contributed by atoms with E-state index in [1.807, 2.05) is 12.1 Å². The molecule has 2 N–H and O–H groups in total. The first-order valence-electron chi connectivity index (χ1n) is 10.3. The number of nitrogens with one attached hydrogen (secondary N) is 2. The standard InChI is InChI=1S/C22H33N5O2/c1-16(2)19(27-9-11-28-12-10-27)13-25-22(23-4)26-15-21-24-14-20(29-21)18-7-5-17(3)6-8-18/h5-8,14,16,19H,9-13,15H2,1-4H3,(H2,23,25,26). The van der Waals surface area contributed by atoms with Crippen molar-refractivity contribution < 1.29 is 9.15 Å². The zero-order chi connectivity index (χ0) is 20.6. The van der Waals surface area contributed by atoms with Crippen LogP contribution in [0.2, 0.25) is 0 Å². The van der Waals surface area contributed by atoms with Gasteiger partial charge in [-0.2, -0.15) is 0 Å². The summed E-state index contributed by atoms with van der Waals surface area (Å²) >= 11 is 0. The predicted octanol–water partition coefficient (Wildman–Crippen LogP) is 2.67. The number of aromatic nitrogens is 1. The van der Waals surface area contributed by atoms with Crippen LogP contribution in [0.15, 0.2) is 39.9 Å². The van der Waals surface area contributed by atoms with E-state index in [0.29, 0.717) is 24.4 Å². The Hall–Kier alpha value is -2.38. The molecular weight excluding hydrogens is 366 g/mol. The van der Waals surface area contributed by atoms with E-state index in [2.05, 4.69) is 58.4 Å². The van der Waals surface area contributed by atoms with Crippen LogP contribution in [0, 0.1) is 12.8 Å². The van der Waals surface area contributed by atoms with Crippen LogP contribution in [0.4, 0.5) is 0 Å². The first kappa shape index (κ1) is 21.3. The van der Waals surface area contributed by atoms with E-state index in [1.54, 1.807) is 13.2 Å². The Morgan fingerprint density at radius 3 is 2.55 bits per heavy atom. The number of aryl methyl sites for hydroxylation is 1. The number of guanidine groups is 1. The Labute approximate surface area is 173 Å². The van der Waals surface area contributed by atoms with E-state index in [0.717, 1.165) is 50.1 Å². The SMILES string of the molecule is CN=C(NCc1ncc(-c2ccc(C)cc2)o1)NCC(C(C)C)N1CCOCC1. The van der Waals surface area contributed by atoms with Gasteiger partial charge in [0.1, 0.15) is 0 Å². The second-order valence-electron chi connectivity index (χ2n) is 7.75. The van der Waals surface area contributed by atoms with Crippen LogP contribution in [0.5, 0.6) is 0 Å². The minimum absolute atomic E-state index is 0.437. The van der Waals surface area contributed by atoms with Gasteiger partial charge >= 0.3 is 0 Å². The van der Waals surface area contributed by atoms with Gasteiger partial charge in [0.05, 0.1) is 26.0 Å². The van der Waals surface area contributed by atoms with Gasteiger partial charge in [-0.15, -0.1) is 0 Å². The van der Waals surface area contributed by atoms with E-state index in [1.165, 1.54) is 5.56 Å². The fourth-order valence-electron chi connectivity index (χ4n) is 3.52.